The molecular formula is C15H17BrN2O. The van der Waals surface area contributed by atoms with Gasteiger partial charge in [-0.25, -0.2) is 0 Å². The maximum Gasteiger partial charge on any atom is 0.130 e. The van der Waals surface area contributed by atoms with E-state index >= 15 is 0 Å². The molecule has 0 saturated heterocycles. The number of nitrogens with zero attached hydrogens (tertiary/aromatic N) is 1. The van der Waals surface area contributed by atoms with E-state index in [-0.39, 0.29) is 0 Å². The van der Waals surface area contributed by atoms with Crippen LogP contribution in [-0.4, -0.2) is 4.98 Å². The molecule has 1 aromatic carbocycles. The molecule has 3 nitrogen and oxygen atoms in total. The van der Waals surface area contributed by atoms with Gasteiger partial charge in [0.05, 0.1) is 5.69 Å². The summed E-state index contributed by atoms with van der Waals surface area (Å²) in [6, 6.07) is 9.94. The fraction of sp³-hybridized carbons (Fsp3) is 0.267. The first kappa shape index (κ1) is 14.0. The quantitative estimate of drug-likeness (QED) is 0.937. The number of aromatic nitrogens is 1. The van der Waals surface area contributed by atoms with Gasteiger partial charge in [0.2, 0.25) is 0 Å². The van der Waals surface area contributed by atoms with E-state index in [0.29, 0.717) is 13.2 Å². The number of ether oxygens (including phenoxy) is 1. The third-order valence-electron chi connectivity index (χ3n) is 2.85. The van der Waals surface area contributed by atoms with Gasteiger partial charge in [0, 0.05) is 22.3 Å². The number of hydrogen-bond donors (Lipinski definition) is 1. The highest BCUT2D eigenvalue weighted by atomic mass is 79.9. The van der Waals surface area contributed by atoms with Gasteiger partial charge in [0.1, 0.15) is 12.4 Å². The van der Waals surface area contributed by atoms with Crippen LogP contribution in [0.2, 0.25) is 0 Å². The van der Waals surface area contributed by atoms with Gasteiger partial charge in [-0.1, -0.05) is 22.0 Å². The van der Waals surface area contributed by atoms with Crippen LogP contribution in [0.5, 0.6) is 5.75 Å². The van der Waals surface area contributed by atoms with Crippen molar-refractivity contribution in [3.8, 4) is 5.75 Å². The van der Waals surface area contributed by atoms with Crippen molar-refractivity contribution in [3.05, 3.63) is 57.3 Å². The van der Waals surface area contributed by atoms with Crippen LogP contribution in [0.1, 0.15) is 22.5 Å². The van der Waals surface area contributed by atoms with Crippen molar-refractivity contribution in [2.45, 2.75) is 27.0 Å². The lowest BCUT2D eigenvalue weighted by Gasteiger charge is -2.14. The van der Waals surface area contributed by atoms with Crippen LogP contribution in [0.15, 0.2) is 34.8 Å². The average Bonchev–Trinajstić information content (AvgIpc) is 2.37. The summed E-state index contributed by atoms with van der Waals surface area (Å²) in [5.74, 6) is 0.856. The van der Waals surface area contributed by atoms with E-state index in [1.807, 2.05) is 44.2 Å². The first-order valence-electron chi connectivity index (χ1n) is 6.14. The molecule has 0 spiro atoms. The topological polar surface area (TPSA) is 48.1 Å². The summed E-state index contributed by atoms with van der Waals surface area (Å²) >= 11 is 3.47. The Hall–Kier alpha value is -1.39. The lowest BCUT2D eigenvalue weighted by Crippen LogP contribution is -2.05. The van der Waals surface area contributed by atoms with Gasteiger partial charge < -0.3 is 10.5 Å². The van der Waals surface area contributed by atoms with Crippen molar-refractivity contribution < 1.29 is 4.74 Å². The molecule has 1 heterocycles. The molecule has 2 rings (SSSR count). The molecule has 100 valence electrons. The van der Waals surface area contributed by atoms with E-state index in [2.05, 4.69) is 20.9 Å². The van der Waals surface area contributed by atoms with Gasteiger partial charge >= 0.3 is 0 Å². The molecular weight excluding hydrogens is 304 g/mol. The molecule has 0 aliphatic heterocycles. The van der Waals surface area contributed by atoms with E-state index in [1.54, 1.807) is 0 Å². The number of benzene rings is 1. The second kappa shape index (κ2) is 6.17. The maximum absolute atomic E-state index is 5.89. The smallest absolute Gasteiger partial charge is 0.130 e. The van der Waals surface area contributed by atoms with Crippen LogP contribution < -0.4 is 10.5 Å². The zero-order valence-corrected chi connectivity index (χ0v) is 12.7. The van der Waals surface area contributed by atoms with E-state index in [9.17, 15) is 0 Å². The molecule has 4 heteroatoms. The molecule has 0 saturated carbocycles. The van der Waals surface area contributed by atoms with Gasteiger partial charge in [0.15, 0.2) is 0 Å². The highest BCUT2D eigenvalue weighted by Crippen LogP contribution is 2.28. The van der Waals surface area contributed by atoms with Crippen molar-refractivity contribution >= 4 is 15.9 Å². The minimum absolute atomic E-state index is 0.455. The first-order chi connectivity index (χ1) is 9.10. The number of hydrogen-bond acceptors (Lipinski definition) is 3. The minimum atomic E-state index is 0.455. The SMILES string of the molecule is Cc1cccc(COc2c(C)cc(Br)cc2CN)n1. The summed E-state index contributed by atoms with van der Waals surface area (Å²) < 4.78 is 6.91. The number of aryl methyl sites for hydroxylation is 2. The summed E-state index contributed by atoms with van der Waals surface area (Å²) in [7, 11) is 0. The summed E-state index contributed by atoms with van der Waals surface area (Å²) in [4.78, 5) is 4.43. The third kappa shape index (κ3) is 3.55. The minimum Gasteiger partial charge on any atom is -0.487 e. The monoisotopic (exact) mass is 320 g/mol. The van der Waals surface area contributed by atoms with E-state index in [1.165, 1.54) is 0 Å². The summed E-state index contributed by atoms with van der Waals surface area (Å²) in [6.45, 7) is 4.90. The van der Waals surface area contributed by atoms with E-state index < -0.39 is 0 Å². The van der Waals surface area contributed by atoms with Crippen molar-refractivity contribution in [2.75, 3.05) is 0 Å². The fourth-order valence-electron chi connectivity index (χ4n) is 1.98. The van der Waals surface area contributed by atoms with Crippen molar-refractivity contribution in [1.29, 1.82) is 0 Å². The van der Waals surface area contributed by atoms with Crippen LogP contribution in [0.3, 0.4) is 0 Å². The number of halogens is 1. The van der Waals surface area contributed by atoms with Crippen LogP contribution in [0.25, 0.3) is 0 Å². The third-order valence-corrected chi connectivity index (χ3v) is 3.30. The van der Waals surface area contributed by atoms with Crippen LogP contribution in [0.4, 0.5) is 0 Å². The van der Waals surface area contributed by atoms with Gasteiger partial charge in [-0.05, 0) is 43.7 Å². The Kier molecular flexibility index (Phi) is 4.56. The van der Waals surface area contributed by atoms with Crippen molar-refractivity contribution in [2.24, 2.45) is 5.73 Å². The lowest BCUT2D eigenvalue weighted by atomic mass is 10.1. The molecule has 0 bridgehead atoms. The van der Waals surface area contributed by atoms with Crippen LogP contribution >= 0.6 is 15.9 Å². The predicted octanol–water partition coefficient (Wildman–Crippen LogP) is 3.50. The zero-order chi connectivity index (χ0) is 13.8. The molecule has 0 aliphatic rings. The normalized spacial score (nSPS) is 10.5. The Morgan fingerprint density at radius 1 is 1.26 bits per heavy atom. The second-order valence-electron chi connectivity index (χ2n) is 4.47. The zero-order valence-electron chi connectivity index (χ0n) is 11.1. The largest absolute Gasteiger partial charge is 0.487 e. The van der Waals surface area contributed by atoms with E-state index in [0.717, 1.165) is 32.7 Å². The number of rotatable bonds is 4. The molecule has 2 N–H and O–H groups in total. The first-order valence-corrected chi connectivity index (χ1v) is 6.94. The molecule has 0 unspecified atom stereocenters. The highest BCUT2D eigenvalue weighted by Gasteiger charge is 2.08. The molecule has 0 aliphatic carbocycles. The molecule has 0 amide bonds. The van der Waals surface area contributed by atoms with Crippen molar-refractivity contribution in [1.82, 2.24) is 4.98 Å². The molecule has 0 fully saturated rings. The van der Waals surface area contributed by atoms with Crippen LogP contribution in [0, 0.1) is 13.8 Å². The number of nitrogens with two attached hydrogens (primary N) is 1. The molecule has 19 heavy (non-hydrogen) atoms. The lowest BCUT2D eigenvalue weighted by molar-refractivity contribution is 0.296. The van der Waals surface area contributed by atoms with Gasteiger partial charge in [-0.15, -0.1) is 0 Å². The molecule has 1 aromatic heterocycles. The van der Waals surface area contributed by atoms with E-state index in [4.69, 9.17) is 10.5 Å². The van der Waals surface area contributed by atoms with Crippen molar-refractivity contribution in [3.63, 3.8) is 0 Å². The number of pyridine rings is 1. The molecule has 0 radical (unpaired) electrons. The standard InChI is InChI=1S/C15H17BrN2O/c1-10-6-13(16)7-12(8-17)15(10)19-9-14-5-3-4-11(2)18-14/h3-7H,8-9,17H2,1-2H3. The Labute approximate surface area is 121 Å². The van der Waals surface area contributed by atoms with Crippen LogP contribution in [-0.2, 0) is 13.2 Å². The predicted molar refractivity (Wildman–Crippen MR) is 80.1 cm³/mol. The Morgan fingerprint density at radius 3 is 2.74 bits per heavy atom. The Bertz CT molecular complexity index is 584. The molecule has 0 atom stereocenters. The summed E-state index contributed by atoms with van der Waals surface area (Å²) in [5.41, 5.74) is 9.75. The summed E-state index contributed by atoms with van der Waals surface area (Å²) in [5, 5.41) is 0. The average molecular weight is 321 g/mol. The fourth-order valence-corrected chi connectivity index (χ4v) is 2.60. The highest BCUT2D eigenvalue weighted by molar-refractivity contribution is 9.10. The Balaban J connectivity index is 2.19. The Morgan fingerprint density at radius 2 is 2.05 bits per heavy atom. The summed E-state index contributed by atoms with van der Waals surface area (Å²) in [6.07, 6.45) is 0. The second-order valence-corrected chi connectivity index (χ2v) is 5.39. The van der Waals surface area contributed by atoms with Gasteiger partial charge in [0.25, 0.3) is 0 Å². The maximum atomic E-state index is 5.89. The van der Waals surface area contributed by atoms with Gasteiger partial charge in [-0.2, -0.15) is 0 Å². The molecule has 2 aromatic rings. The van der Waals surface area contributed by atoms with Gasteiger partial charge in [-0.3, -0.25) is 4.98 Å².